The zero-order valence-electron chi connectivity index (χ0n) is 18.8. The van der Waals surface area contributed by atoms with Crippen molar-refractivity contribution >= 4 is 11.8 Å². The Balaban J connectivity index is 0. The maximum Gasteiger partial charge on any atom is 0.253 e. The number of imide groups is 1. The van der Waals surface area contributed by atoms with E-state index in [1.165, 1.54) is 23.5 Å². The third-order valence-electron chi connectivity index (χ3n) is 3.77. The van der Waals surface area contributed by atoms with E-state index < -0.39 is 6.67 Å². The molecule has 0 aromatic carbocycles. The zero-order valence-corrected chi connectivity index (χ0v) is 18.8. The van der Waals surface area contributed by atoms with E-state index in [0.717, 1.165) is 45.6 Å². The highest BCUT2D eigenvalue weighted by molar-refractivity contribution is 6.12. The van der Waals surface area contributed by atoms with Gasteiger partial charge in [0.25, 0.3) is 11.8 Å². The summed E-state index contributed by atoms with van der Waals surface area (Å²) in [7, 11) is 1.00. The molecule has 0 aromatic rings. The molecule has 0 saturated carbocycles. The van der Waals surface area contributed by atoms with Crippen LogP contribution in [-0.2, 0) is 19.2 Å². The van der Waals surface area contributed by atoms with Crippen molar-refractivity contribution in [2.75, 3.05) is 26.9 Å². The summed E-state index contributed by atoms with van der Waals surface area (Å²) in [5.41, 5.74) is 2.80. The number of amides is 2. The fourth-order valence-electron chi connectivity index (χ4n) is 2.51. The number of ether oxygens (including phenoxy) is 1. The van der Waals surface area contributed by atoms with Gasteiger partial charge in [-0.05, 0) is 25.7 Å². The predicted octanol–water partition coefficient (Wildman–Crippen LogP) is 3.52. The van der Waals surface area contributed by atoms with Crippen molar-refractivity contribution in [3.63, 3.8) is 0 Å². The SMILES string of the molecule is CC.CCC.CO.O=C1C=CC(=O)N1CCCCCCONC1CCC(CF)O1. The number of rotatable bonds is 10. The number of carbonyl (C=O) groups is 2. The van der Waals surface area contributed by atoms with Crippen LogP contribution in [0.1, 0.15) is 72.6 Å². The van der Waals surface area contributed by atoms with E-state index >= 15 is 0 Å². The number of aliphatic hydroxyl groups excluding tert-OH is 1. The first-order chi connectivity index (χ1) is 14.1. The smallest absolute Gasteiger partial charge is 0.253 e. The molecule has 2 amide bonds. The number of alkyl halides is 1. The first kappa shape index (κ1) is 29.8. The molecule has 1 fully saturated rings. The highest BCUT2D eigenvalue weighted by Crippen LogP contribution is 2.18. The molecule has 2 aliphatic heterocycles. The van der Waals surface area contributed by atoms with E-state index in [0.29, 0.717) is 13.2 Å². The van der Waals surface area contributed by atoms with Crippen LogP contribution in [0.25, 0.3) is 0 Å². The summed E-state index contributed by atoms with van der Waals surface area (Å²) in [5.74, 6) is -0.443. The molecular formula is C21H41FN2O5. The van der Waals surface area contributed by atoms with Crippen LogP contribution in [0.3, 0.4) is 0 Å². The van der Waals surface area contributed by atoms with Crippen molar-refractivity contribution in [3.05, 3.63) is 12.2 Å². The number of hydrogen-bond donors (Lipinski definition) is 2. The van der Waals surface area contributed by atoms with Crippen LogP contribution >= 0.6 is 0 Å². The number of hydroxylamine groups is 1. The molecule has 0 spiro atoms. The first-order valence-corrected chi connectivity index (χ1v) is 10.7. The van der Waals surface area contributed by atoms with Crippen LogP contribution in [0, 0.1) is 0 Å². The molecule has 2 heterocycles. The Hall–Kier alpha value is -1.35. The van der Waals surface area contributed by atoms with Gasteiger partial charge in [-0.1, -0.05) is 47.0 Å². The Labute approximate surface area is 175 Å². The summed E-state index contributed by atoms with van der Waals surface area (Å²) in [6, 6.07) is 0. The number of halogens is 1. The highest BCUT2D eigenvalue weighted by atomic mass is 19.1. The molecule has 7 nitrogen and oxygen atoms in total. The molecule has 172 valence electrons. The summed E-state index contributed by atoms with van der Waals surface area (Å²) in [6.07, 6.45) is 8.42. The number of nitrogens with zero attached hydrogens (tertiary/aromatic N) is 1. The molecular weight excluding hydrogens is 379 g/mol. The third kappa shape index (κ3) is 14.3. The van der Waals surface area contributed by atoms with Gasteiger partial charge in [-0.3, -0.25) is 19.3 Å². The minimum atomic E-state index is -0.449. The average molecular weight is 421 g/mol. The second-order valence-corrected chi connectivity index (χ2v) is 6.23. The van der Waals surface area contributed by atoms with Gasteiger partial charge in [-0.15, -0.1) is 0 Å². The summed E-state index contributed by atoms with van der Waals surface area (Å²) >= 11 is 0. The lowest BCUT2D eigenvalue weighted by Crippen LogP contribution is -2.31. The van der Waals surface area contributed by atoms with Gasteiger partial charge >= 0.3 is 0 Å². The lowest BCUT2D eigenvalue weighted by molar-refractivity contribution is -0.136. The van der Waals surface area contributed by atoms with Crippen LogP contribution < -0.4 is 5.48 Å². The quantitative estimate of drug-likeness (QED) is 0.319. The summed E-state index contributed by atoms with van der Waals surface area (Å²) < 4.78 is 17.7. The molecule has 2 rings (SSSR count). The van der Waals surface area contributed by atoms with Crippen LogP contribution in [0.5, 0.6) is 0 Å². The lowest BCUT2D eigenvalue weighted by atomic mass is 10.2. The lowest BCUT2D eigenvalue weighted by Gasteiger charge is -2.14. The second-order valence-electron chi connectivity index (χ2n) is 6.23. The first-order valence-electron chi connectivity index (χ1n) is 10.7. The van der Waals surface area contributed by atoms with Gasteiger partial charge in [-0.2, -0.15) is 5.48 Å². The van der Waals surface area contributed by atoms with E-state index in [1.807, 2.05) is 13.8 Å². The largest absolute Gasteiger partial charge is 0.400 e. The molecule has 2 unspecified atom stereocenters. The van der Waals surface area contributed by atoms with Crippen molar-refractivity contribution in [1.29, 1.82) is 0 Å². The van der Waals surface area contributed by atoms with Crippen LogP contribution in [0.15, 0.2) is 12.2 Å². The molecule has 2 atom stereocenters. The van der Waals surface area contributed by atoms with Gasteiger partial charge in [0.05, 0.1) is 12.7 Å². The Morgan fingerprint density at radius 1 is 1.10 bits per heavy atom. The van der Waals surface area contributed by atoms with Crippen molar-refractivity contribution in [2.24, 2.45) is 0 Å². The van der Waals surface area contributed by atoms with E-state index in [1.54, 1.807) is 0 Å². The number of unbranched alkanes of at least 4 members (excludes halogenated alkanes) is 3. The van der Waals surface area contributed by atoms with Gasteiger partial charge in [0.1, 0.15) is 12.9 Å². The predicted molar refractivity (Wildman–Crippen MR) is 113 cm³/mol. The molecule has 0 radical (unpaired) electrons. The maximum atomic E-state index is 12.4. The molecule has 1 saturated heterocycles. The topological polar surface area (TPSA) is 88.1 Å². The van der Waals surface area contributed by atoms with Gasteiger partial charge < -0.3 is 9.84 Å². The minimum absolute atomic E-state index is 0.208. The van der Waals surface area contributed by atoms with Gasteiger partial charge in [0.2, 0.25) is 0 Å². The minimum Gasteiger partial charge on any atom is -0.400 e. The van der Waals surface area contributed by atoms with Crippen molar-refractivity contribution in [2.45, 2.75) is 85.0 Å². The Kier molecular flexibility index (Phi) is 22.0. The Bertz CT molecular complexity index is 417. The van der Waals surface area contributed by atoms with Crippen LogP contribution in [0.4, 0.5) is 4.39 Å². The highest BCUT2D eigenvalue weighted by Gasteiger charge is 2.25. The van der Waals surface area contributed by atoms with Crippen molar-refractivity contribution in [3.8, 4) is 0 Å². The molecule has 8 heteroatoms. The number of aliphatic hydroxyl groups is 1. The van der Waals surface area contributed by atoms with E-state index in [9.17, 15) is 14.0 Å². The summed E-state index contributed by atoms with van der Waals surface area (Å²) in [5, 5.41) is 7.00. The second kappa shape index (κ2) is 21.4. The van der Waals surface area contributed by atoms with E-state index in [2.05, 4.69) is 19.3 Å². The standard InChI is InChI=1S/C15H23FN2O4.C3H8.C2H6.CH4O/c16-11-12-5-6-13(22-12)17-21-10-4-2-1-3-9-18-14(19)7-8-15(18)20;1-3-2;2*1-2/h7-8,12-13,17H,1-6,9-11H2;3H2,1-2H3;1-2H3;2H,1H3. The van der Waals surface area contributed by atoms with E-state index in [4.69, 9.17) is 14.7 Å². The molecule has 2 aliphatic rings. The maximum absolute atomic E-state index is 12.4. The monoisotopic (exact) mass is 420 g/mol. The van der Waals surface area contributed by atoms with E-state index in [-0.39, 0.29) is 24.1 Å². The normalized spacial score (nSPS) is 19.8. The Morgan fingerprint density at radius 2 is 1.66 bits per heavy atom. The zero-order chi connectivity index (χ0) is 22.5. The van der Waals surface area contributed by atoms with Crippen LogP contribution in [-0.4, -0.2) is 61.1 Å². The van der Waals surface area contributed by atoms with Crippen molar-refractivity contribution in [1.82, 2.24) is 10.4 Å². The number of nitrogens with one attached hydrogen (secondary N) is 1. The summed E-state index contributed by atoms with van der Waals surface area (Å²) in [6.45, 7) is 8.84. The van der Waals surface area contributed by atoms with Gasteiger partial charge in [0.15, 0.2) is 0 Å². The number of carbonyl (C=O) groups excluding carboxylic acids is 2. The fraction of sp³-hybridized carbons (Fsp3) is 0.810. The summed E-state index contributed by atoms with van der Waals surface area (Å²) in [4.78, 5) is 29.2. The molecule has 0 bridgehead atoms. The van der Waals surface area contributed by atoms with Gasteiger partial charge in [-0.25, -0.2) is 4.39 Å². The molecule has 2 N–H and O–H groups in total. The Morgan fingerprint density at radius 3 is 2.17 bits per heavy atom. The third-order valence-corrected chi connectivity index (χ3v) is 3.77. The molecule has 0 aromatic heterocycles. The number of hydrogen-bond acceptors (Lipinski definition) is 6. The van der Waals surface area contributed by atoms with Gasteiger partial charge in [0, 0.05) is 25.8 Å². The van der Waals surface area contributed by atoms with Crippen LogP contribution in [0.2, 0.25) is 0 Å². The fourth-order valence-corrected chi connectivity index (χ4v) is 2.51. The average Bonchev–Trinajstić information content (AvgIpc) is 3.34. The van der Waals surface area contributed by atoms with Crippen molar-refractivity contribution < 1.29 is 28.7 Å². The molecule has 0 aliphatic carbocycles. The molecule has 29 heavy (non-hydrogen) atoms.